The highest BCUT2D eigenvalue weighted by atomic mass is 35.5. The fourth-order valence-corrected chi connectivity index (χ4v) is 2.55. The number of nitrogens with zero attached hydrogens (tertiary/aromatic N) is 1. The van der Waals surface area contributed by atoms with Crippen molar-refractivity contribution in [3.8, 4) is 0 Å². The van der Waals surface area contributed by atoms with Crippen LogP contribution in [0.3, 0.4) is 0 Å². The highest BCUT2D eigenvalue weighted by Crippen LogP contribution is 2.22. The van der Waals surface area contributed by atoms with Crippen molar-refractivity contribution in [1.29, 1.82) is 0 Å². The summed E-state index contributed by atoms with van der Waals surface area (Å²) in [4.78, 5) is 13.0. The average Bonchev–Trinajstić information content (AvgIpc) is 2.93. The lowest BCUT2D eigenvalue weighted by atomic mass is 9.92. The number of carbonyl (C=O) groups is 1. The Morgan fingerprint density at radius 3 is 2.74 bits per heavy atom. The fraction of sp³-hybridized carbons (Fsp3) is 0.385. The fourth-order valence-electron chi connectivity index (χ4n) is 1.53. The number of carbonyl (C=O) groups excluding carboxylic acids is 1. The summed E-state index contributed by atoms with van der Waals surface area (Å²) in [5.41, 5.74) is 1.30. The molecule has 2 heterocycles. The molecule has 0 saturated carbocycles. The molecule has 2 N–H and O–H groups in total. The normalized spacial score (nSPS) is 11.6. The van der Waals surface area contributed by atoms with Crippen LogP contribution in [0.15, 0.2) is 18.2 Å². The van der Waals surface area contributed by atoms with Crippen LogP contribution in [0.2, 0.25) is 4.34 Å². The van der Waals surface area contributed by atoms with Gasteiger partial charge in [-0.3, -0.25) is 9.89 Å². The molecule has 2 rings (SSSR count). The molecule has 4 nitrogen and oxygen atoms in total. The molecule has 102 valence electrons. The predicted molar refractivity (Wildman–Crippen MR) is 77.8 cm³/mol. The van der Waals surface area contributed by atoms with Gasteiger partial charge in [0, 0.05) is 16.0 Å². The maximum Gasteiger partial charge on any atom is 0.272 e. The molecular weight excluding hydrogens is 282 g/mol. The molecule has 0 saturated heterocycles. The van der Waals surface area contributed by atoms with E-state index in [1.165, 1.54) is 11.3 Å². The molecule has 0 fully saturated rings. The van der Waals surface area contributed by atoms with Gasteiger partial charge < -0.3 is 5.32 Å². The molecule has 0 aliphatic heterocycles. The molecule has 0 radical (unpaired) electrons. The summed E-state index contributed by atoms with van der Waals surface area (Å²) in [5, 5.41) is 9.76. The van der Waals surface area contributed by atoms with E-state index in [4.69, 9.17) is 11.6 Å². The lowest BCUT2D eigenvalue weighted by Gasteiger charge is -2.14. The number of nitrogens with one attached hydrogen (secondary N) is 2. The van der Waals surface area contributed by atoms with Crippen LogP contribution in [-0.2, 0) is 12.0 Å². The van der Waals surface area contributed by atoms with Gasteiger partial charge in [-0.1, -0.05) is 32.4 Å². The molecule has 19 heavy (non-hydrogen) atoms. The largest absolute Gasteiger partial charge is 0.346 e. The van der Waals surface area contributed by atoms with E-state index in [1.807, 2.05) is 12.1 Å². The number of aromatic amines is 1. The number of thiophene rings is 1. The zero-order valence-corrected chi connectivity index (χ0v) is 12.7. The van der Waals surface area contributed by atoms with Crippen molar-refractivity contribution in [2.24, 2.45) is 0 Å². The molecule has 0 atom stereocenters. The predicted octanol–water partition coefficient (Wildman–Crippen LogP) is 3.35. The van der Waals surface area contributed by atoms with Crippen molar-refractivity contribution >= 4 is 28.8 Å². The van der Waals surface area contributed by atoms with Gasteiger partial charge in [-0.2, -0.15) is 5.10 Å². The van der Waals surface area contributed by atoms with Gasteiger partial charge in [-0.25, -0.2) is 0 Å². The quantitative estimate of drug-likeness (QED) is 0.913. The maximum atomic E-state index is 11.9. The Labute approximate surface area is 121 Å². The molecule has 0 spiro atoms. The summed E-state index contributed by atoms with van der Waals surface area (Å²) >= 11 is 7.29. The summed E-state index contributed by atoms with van der Waals surface area (Å²) in [6.45, 7) is 6.66. The van der Waals surface area contributed by atoms with Gasteiger partial charge in [0.15, 0.2) is 0 Å². The standard InChI is InChI=1S/C13H16ClN3OS/c1-13(2,3)10-6-9(16-17-10)12(18)15-7-8-4-5-11(14)19-8/h4-6H,7H2,1-3H3,(H,15,18)(H,16,17). The van der Waals surface area contributed by atoms with E-state index in [0.29, 0.717) is 12.2 Å². The lowest BCUT2D eigenvalue weighted by molar-refractivity contribution is 0.0946. The lowest BCUT2D eigenvalue weighted by Crippen LogP contribution is -2.22. The Balaban J connectivity index is 1.98. The van der Waals surface area contributed by atoms with Crippen molar-refractivity contribution in [3.63, 3.8) is 0 Å². The molecule has 0 aromatic carbocycles. The third kappa shape index (κ3) is 3.58. The number of aromatic nitrogens is 2. The van der Waals surface area contributed by atoms with E-state index in [2.05, 4.69) is 36.3 Å². The van der Waals surface area contributed by atoms with Crippen LogP contribution >= 0.6 is 22.9 Å². The van der Waals surface area contributed by atoms with Crippen LogP contribution in [-0.4, -0.2) is 16.1 Å². The number of hydrogen-bond acceptors (Lipinski definition) is 3. The van der Waals surface area contributed by atoms with Crippen molar-refractivity contribution in [2.75, 3.05) is 0 Å². The van der Waals surface area contributed by atoms with E-state index in [0.717, 1.165) is 14.9 Å². The van der Waals surface area contributed by atoms with Crippen molar-refractivity contribution in [2.45, 2.75) is 32.7 Å². The Hall–Kier alpha value is -1.33. The minimum absolute atomic E-state index is 0.0488. The zero-order chi connectivity index (χ0) is 14.0. The molecule has 0 aliphatic rings. The first-order chi connectivity index (χ1) is 8.86. The first kappa shape index (κ1) is 14.1. The van der Waals surface area contributed by atoms with Gasteiger partial charge >= 0.3 is 0 Å². The minimum atomic E-state index is -0.184. The van der Waals surface area contributed by atoms with Gasteiger partial charge in [0.2, 0.25) is 0 Å². The number of hydrogen-bond donors (Lipinski definition) is 2. The van der Waals surface area contributed by atoms with Gasteiger partial charge in [-0.05, 0) is 18.2 Å². The number of amides is 1. The van der Waals surface area contributed by atoms with Crippen LogP contribution in [0.4, 0.5) is 0 Å². The Kier molecular flexibility index (Phi) is 3.96. The van der Waals surface area contributed by atoms with Gasteiger partial charge in [-0.15, -0.1) is 11.3 Å². The third-order valence-corrected chi connectivity index (χ3v) is 3.90. The van der Waals surface area contributed by atoms with Gasteiger partial charge in [0.1, 0.15) is 5.69 Å². The molecule has 0 aliphatic carbocycles. The van der Waals surface area contributed by atoms with E-state index in [9.17, 15) is 4.79 Å². The van der Waals surface area contributed by atoms with E-state index in [1.54, 1.807) is 6.07 Å². The highest BCUT2D eigenvalue weighted by Gasteiger charge is 2.19. The SMILES string of the molecule is CC(C)(C)c1cc(C(=O)NCc2ccc(Cl)s2)n[nH]1. The third-order valence-electron chi connectivity index (χ3n) is 2.67. The van der Waals surface area contributed by atoms with Gasteiger partial charge in [0.05, 0.1) is 10.9 Å². The van der Waals surface area contributed by atoms with Crippen molar-refractivity contribution in [3.05, 3.63) is 38.8 Å². The number of H-pyrrole nitrogens is 1. The topological polar surface area (TPSA) is 57.8 Å². The molecule has 6 heteroatoms. The van der Waals surface area contributed by atoms with Crippen LogP contribution in [0.1, 0.15) is 41.8 Å². The smallest absolute Gasteiger partial charge is 0.272 e. The molecule has 2 aromatic rings. The first-order valence-electron chi connectivity index (χ1n) is 5.94. The average molecular weight is 298 g/mol. The van der Waals surface area contributed by atoms with Crippen LogP contribution in [0, 0.1) is 0 Å². The van der Waals surface area contributed by atoms with Crippen LogP contribution in [0.5, 0.6) is 0 Å². The maximum absolute atomic E-state index is 11.9. The summed E-state index contributed by atoms with van der Waals surface area (Å²) in [6, 6.07) is 5.51. The molecule has 1 amide bonds. The number of halogens is 1. The zero-order valence-electron chi connectivity index (χ0n) is 11.1. The Morgan fingerprint density at radius 2 is 2.21 bits per heavy atom. The Bertz CT molecular complexity index is 583. The molecule has 2 aromatic heterocycles. The van der Waals surface area contributed by atoms with Crippen molar-refractivity contribution in [1.82, 2.24) is 15.5 Å². The Morgan fingerprint density at radius 1 is 1.47 bits per heavy atom. The molecule has 0 unspecified atom stereocenters. The molecular formula is C13H16ClN3OS. The van der Waals surface area contributed by atoms with E-state index >= 15 is 0 Å². The minimum Gasteiger partial charge on any atom is -0.346 e. The second-order valence-electron chi connectivity index (χ2n) is 5.31. The van der Waals surface area contributed by atoms with Crippen molar-refractivity contribution < 1.29 is 4.79 Å². The second kappa shape index (κ2) is 5.35. The summed E-state index contributed by atoms with van der Waals surface area (Å²) < 4.78 is 0.721. The second-order valence-corrected chi connectivity index (χ2v) is 7.10. The van der Waals surface area contributed by atoms with Gasteiger partial charge in [0.25, 0.3) is 5.91 Å². The summed E-state index contributed by atoms with van der Waals surface area (Å²) in [7, 11) is 0. The highest BCUT2D eigenvalue weighted by molar-refractivity contribution is 7.16. The number of rotatable bonds is 3. The van der Waals surface area contributed by atoms with E-state index < -0.39 is 0 Å². The summed E-state index contributed by atoms with van der Waals surface area (Å²) in [5.74, 6) is -0.184. The van der Waals surface area contributed by atoms with Crippen LogP contribution < -0.4 is 5.32 Å². The monoisotopic (exact) mass is 297 g/mol. The van der Waals surface area contributed by atoms with E-state index in [-0.39, 0.29) is 11.3 Å². The summed E-state index contributed by atoms with van der Waals surface area (Å²) in [6.07, 6.45) is 0. The van der Waals surface area contributed by atoms with Crippen LogP contribution in [0.25, 0.3) is 0 Å². The molecule has 0 bridgehead atoms. The first-order valence-corrected chi connectivity index (χ1v) is 7.14.